The molecule has 3 aromatic carbocycles. The summed E-state index contributed by atoms with van der Waals surface area (Å²) in [5.74, 6) is 1.35. The molecule has 1 aliphatic heterocycles. The van der Waals surface area contributed by atoms with Crippen molar-refractivity contribution >= 4 is 33.9 Å². The monoisotopic (exact) mass is 499 g/mol. The highest BCUT2D eigenvalue weighted by molar-refractivity contribution is 7.80. The number of fused-ring (bicyclic) bond motifs is 2. The summed E-state index contributed by atoms with van der Waals surface area (Å²) in [5.41, 5.74) is 5.75. The van der Waals surface area contributed by atoms with E-state index in [1.807, 2.05) is 43.3 Å². The minimum Gasteiger partial charge on any atom is -0.486 e. The van der Waals surface area contributed by atoms with Crippen LogP contribution in [0.5, 0.6) is 11.5 Å². The van der Waals surface area contributed by atoms with Crippen LogP contribution in [0, 0.1) is 13.8 Å². The Morgan fingerprint density at radius 2 is 1.69 bits per heavy atom. The predicted octanol–water partition coefficient (Wildman–Crippen LogP) is 5.36. The number of benzene rings is 3. The van der Waals surface area contributed by atoms with Crippen LogP contribution in [0.1, 0.15) is 22.3 Å². The van der Waals surface area contributed by atoms with Crippen molar-refractivity contribution in [3.8, 4) is 11.5 Å². The van der Waals surface area contributed by atoms with Crippen molar-refractivity contribution in [1.82, 2.24) is 9.88 Å². The number of thiocarbonyl (C=S) groups is 1. The molecule has 7 heteroatoms. The number of nitrogens with zero attached hydrogens (tertiary/aromatic N) is 1. The van der Waals surface area contributed by atoms with Crippen molar-refractivity contribution in [1.29, 1.82) is 0 Å². The Morgan fingerprint density at radius 1 is 0.972 bits per heavy atom. The Morgan fingerprint density at radius 3 is 2.44 bits per heavy atom. The molecular formula is C29H29N3O3S. The molecular weight excluding hydrogens is 470 g/mol. The van der Waals surface area contributed by atoms with E-state index in [-0.39, 0.29) is 5.56 Å². The van der Waals surface area contributed by atoms with E-state index in [4.69, 9.17) is 21.7 Å². The molecule has 0 unspecified atom stereocenters. The van der Waals surface area contributed by atoms with Gasteiger partial charge < -0.3 is 24.7 Å². The maximum absolute atomic E-state index is 13.1. The number of aromatic nitrogens is 1. The van der Waals surface area contributed by atoms with Crippen LogP contribution in [-0.2, 0) is 13.0 Å². The number of ether oxygens (including phenoxy) is 2. The van der Waals surface area contributed by atoms with Crippen molar-refractivity contribution in [3.63, 3.8) is 0 Å². The van der Waals surface area contributed by atoms with Gasteiger partial charge in [0.05, 0.1) is 12.1 Å². The number of hydrogen-bond donors (Lipinski definition) is 2. The smallest absolute Gasteiger partial charge is 0.253 e. The van der Waals surface area contributed by atoms with E-state index in [0.717, 1.165) is 28.6 Å². The van der Waals surface area contributed by atoms with E-state index in [9.17, 15) is 4.79 Å². The maximum Gasteiger partial charge on any atom is 0.253 e. The Kier molecular flexibility index (Phi) is 6.91. The number of H-pyrrole nitrogens is 1. The first-order valence-electron chi connectivity index (χ1n) is 12.1. The summed E-state index contributed by atoms with van der Waals surface area (Å²) in [4.78, 5) is 18.1. The molecule has 0 aliphatic carbocycles. The average Bonchev–Trinajstić information content (AvgIpc) is 2.85. The third-order valence-corrected chi connectivity index (χ3v) is 6.61. The highest BCUT2D eigenvalue weighted by atomic mass is 32.1. The fraction of sp³-hybridized carbons (Fsp3) is 0.241. The zero-order valence-corrected chi connectivity index (χ0v) is 21.3. The standard InChI is InChI=1S/C29H29N3O3S/c1-19-5-3-7-21(13-19)9-10-32(29(36)30-24-8-4-6-20(2)14-24)18-23-15-22-16-26-27(35-12-11-34-26)17-25(22)31-28(23)33/h3-8,13-17H,9-12,18H2,1-2H3,(H,30,36)(H,31,33). The number of hydrogen-bond acceptors (Lipinski definition) is 4. The molecule has 2 heterocycles. The Balaban J connectivity index is 1.43. The van der Waals surface area contributed by atoms with Gasteiger partial charge in [-0.3, -0.25) is 4.79 Å². The number of aryl methyl sites for hydroxylation is 2. The van der Waals surface area contributed by atoms with Gasteiger partial charge >= 0.3 is 0 Å². The molecule has 0 fully saturated rings. The predicted molar refractivity (Wildman–Crippen MR) is 148 cm³/mol. The average molecular weight is 500 g/mol. The van der Waals surface area contributed by atoms with Gasteiger partial charge in [-0.05, 0) is 67.9 Å². The molecule has 0 spiro atoms. The summed E-state index contributed by atoms with van der Waals surface area (Å²) >= 11 is 5.83. The molecule has 0 saturated heterocycles. The van der Waals surface area contributed by atoms with Crippen molar-refractivity contribution in [3.05, 3.63) is 99.3 Å². The number of nitrogens with one attached hydrogen (secondary N) is 2. The summed E-state index contributed by atoms with van der Waals surface area (Å²) in [6.45, 7) is 6.20. The minimum atomic E-state index is -0.141. The molecule has 0 atom stereocenters. The zero-order valence-electron chi connectivity index (χ0n) is 20.5. The largest absolute Gasteiger partial charge is 0.486 e. The van der Waals surface area contributed by atoms with Crippen LogP contribution in [0.3, 0.4) is 0 Å². The van der Waals surface area contributed by atoms with Gasteiger partial charge in [-0.15, -0.1) is 0 Å². The van der Waals surface area contributed by atoms with Crippen molar-refractivity contribution in [2.45, 2.75) is 26.8 Å². The van der Waals surface area contributed by atoms with Crippen LogP contribution in [-0.4, -0.2) is 34.8 Å². The van der Waals surface area contributed by atoms with Gasteiger partial charge in [0.15, 0.2) is 16.6 Å². The van der Waals surface area contributed by atoms with Crippen LogP contribution in [0.15, 0.2) is 71.5 Å². The Hall–Kier alpha value is -3.84. The Bertz CT molecular complexity index is 1480. The number of rotatable bonds is 6. The van der Waals surface area contributed by atoms with E-state index in [2.05, 4.69) is 52.5 Å². The van der Waals surface area contributed by atoms with E-state index < -0.39 is 0 Å². The van der Waals surface area contributed by atoms with Gasteiger partial charge in [-0.25, -0.2) is 0 Å². The second kappa shape index (κ2) is 10.4. The topological polar surface area (TPSA) is 66.6 Å². The van der Waals surface area contributed by atoms with Crippen LogP contribution in [0.4, 0.5) is 5.69 Å². The van der Waals surface area contributed by atoms with Gasteiger partial charge in [-0.1, -0.05) is 42.0 Å². The normalized spacial score (nSPS) is 12.4. The minimum absolute atomic E-state index is 0.141. The second-order valence-electron chi connectivity index (χ2n) is 9.17. The van der Waals surface area contributed by atoms with Crippen LogP contribution in [0.2, 0.25) is 0 Å². The number of anilines is 1. The molecule has 6 nitrogen and oxygen atoms in total. The molecule has 2 N–H and O–H groups in total. The van der Waals surface area contributed by atoms with Gasteiger partial charge in [-0.2, -0.15) is 0 Å². The fourth-order valence-corrected chi connectivity index (χ4v) is 4.69. The molecule has 184 valence electrons. The number of aromatic amines is 1. The highest BCUT2D eigenvalue weighted by Gasteiger charge is 2.17. The first-order valence-corrected chi connectivity index (χ1v) is 12.5. The van der Waals surface area contributed by atoms with Gasteiger partial charge in [0.25, 0.3) is 5.56 Å². The molecule has 0 bridgehead atoms. The van der Waals surface area contributed by atoms with E-state index in [1.54, 1.807) is 0 Å². The van der Waals surface area contributed by atoms with E-state index in [0.29, 0.717) is 48.5 Å². The van der Waals surface area contributed by atoms with Gasteiger partial charge in [0, 0.05) is 29.2 Å². The lowest BCUT2D eigenvalue weighted by molar-refractivity contribution is 0.172. The lowest BCUT2D eigenvalue weighted by Gasteiger charge is -2.26. The molecule has 0 radical (unpaired) electrons. The van der Waals surface area contributed by atoms with E-state index in [1.165, 1.54) is 11.1 Å². The summed E-state index contributed by atoms with van der Waals surface area (Å²) < 4.78 is 11.4. The third kappa shape index (κ3) is 5.52. The van der Waals surface area contributed by atoms with Crippen molar-refractivity contribution < 1.29 is 9.47 Å². The third-order valence-electron chi connectivity index (χ3n) is 6.25. The molecule has 1 aromatic heterocycles. The molecule has 4 aromatic rings. The summed E-state index contributed by atoms with van der Waals surface area (Å²) in [6, 6.07) is 22.2. The summed E-state index contributed by atoms with van der Waals surface area (Å²) in [7, 11) is 0. The second-order valence-corrected chi connectivity index (χ2v) is 9.55. The van der Waals surface area contributed by atoms with Crippen LogP contribution in [0.25, 0.3) is 10.9 Å². The lowest BCUT2D eigenvalue weighted by atomic mass is 10.1. The fourth-order valence-electron chi connectivity index (χ4n) is 4.42. The molecule has 5 rings (SSSR count). The summed E-state index contributed by atoms with van der Waals surface area (Å²) in [5, 5.41) is 4.83. The quantitative estimate of drug-likeness (QED) is 0.348. The molecule has 0 amide bonds. The van der Waals surface area contributed by atoms with Gasteiger partial charge in [0.2, 0.25) is 0 Å². The lowest BCUT2D eigenvalue weighted by Crippen LogP contribution is -2.37. The Labute approximate surface area is 215 Å². The van der Waals surface area contributed by atoms with Crippen LogP contribution >= 0.6 is 12.2 Å². The maximum atomic E-state index is 13.1. The van der Waals surface area contributed by atoms with E-state index >= 15 is 0 Å². The first-order chi connectivity index (χ1) is 17.4. The van der Waals surface area contributed by atoms with Crippen molar-refractivity contribution in [2.24, 2.45) is 0 Å². The molecule has 36 heavy (non-hydrogen) atoms. The van der Waals surface area contributed by atoms with Crippen LogP contribution < -0.4 is 20.3 Å². The SMILES string of the molecule is Cc1cccc(CCN(Cc2cc3cc4c(cc3[nH]c2=O)OCCO4)C(=S)Nc2cccc(C)c2)c1. The first kappa shape index (κ1) is 23.9. The molecule has 0 saturated carbocycles. The molecule has 1 aliphatic rings. The number of pyridine rings is 1. The van der Waals surface area contributed by atoms with Gasteiger partial charge in [0.1, 0.15) is 13.2 Å². The van der Waals surface area contributed by atoms with Crippen molar-refractivity contribution in [2.75, 3.05) is 25.1 Å². The summed E-state index contributed by atoms with van der Waals surface area (Å²) in [6.07, 6.45) is 0.807. The zero-order chi connectivity index (χ0) is 25.1. The highest BCUT2D eigenvalue weighted by Crippen LogP contribution is 2.33.